The molecular weight excluding hydrogens is 384 g/mol. The zero-order valence-electron chi connectivity index (χ0n) is 16.2. The molecule has 2 aliphatic carbocycles. The van der Waals surface area contributed by atoms with Gasteiger partial charge in [-0.25, -0.2) is 0 Å². The Balaban J connectivity index is 1.76. The van der Waals surface area contributed by atoms with Crippen LogP contribution in [0.2, 0.25) is 5.02 Å². The van der Waals surface area contributed by atoms with Crippen molar-refractivity contribution in [3.8, 4) is 22.3 Å². The van der Waals surface area contributed by atoms with Crippen molar-refractivity contribution in [2.45, 2.75) is 5.41 Å². The highest BCUT2D eigenvalue weighted by molar-refractivity contribution is 6.32. The van der Waals surface area contributed by atoms with Crippen LogP contribution in [0, 0.1) is 0 Å². The summed E-state index contributed by atoms with van der Waals surface area (Å²) in [5, 5.41) is 3.36. The molecule has 0 aliphatic heterocycles. The van der Waals surface area contributed by atoms with Gasteiger partial charge in [-0.05, 0) is 73.5 Å². The molecule has 0 aromatic heterocycles. The minimum absolute atomic E-state index is 0.375. The van der Waals surface area contributed by atoms with Crippen LogP contribution in [-0.2, 0) is 5.41 Å². The van der Waals surface area contributed by atoms with Gasteiger partial charge in [0.05, 0.1) is 5.41 Å². The van der Waals surface area contributed by atoms with Gasteiger partial charge in [0.25, 0.3) is 0 Å². The summed E-state index contributed by atoms with van der Waals surface area (Å²) >= 11 is 6.99. The first-order valence-corrected chi connectivity index (χ1v) is 10.7. The topological polar surface area (TPSA) is 0 Å². The summed E-state index contributed by atoms with van der Waals surface area (Å²) in [4.78, 5) is 0. The van der Waals surface area contributed by atoms with E-state index in [1.807, 2.05) is 6.07 Å². The van der Waals surface area contributed by atoms with Gasteiger partial charge in [-0.3, -0.25) is 0 Å². The maximum Gasteiger partial charge on any atom is 0.0740 e. The summed E-state index contributed by atoms with van der Waals surface area (Å²) in [6, 6.07) is 37.4. The molecule has 0 radical (unpaired) electrons. The molecule has 0 saturated heterocycles. The number of halogens is 1. The minimum Gasteiger partial charge on any atom is -0.0840 e. The molecule has 5 aromatic carbocycles. The van der Waals surface area contributed by atoms with E-state index >= 15 is 0 Å². The molecule has 30 heavy (non-hydrogen) atoms. The fourth-order valence-corrected chi connectivity index (χ4v) is 6.15. The molecule has 5 aromatic rings. The van der Waals surface area contributed by atoms with Crippen molar-refractivity contribution < 1.29 is 0 Å². The monoisotopic (exact) mass is 400 g/mol. The largest absolute Gasteiger partial charge is 0.0840 e. The van der Waals surface area contributed by atoms with Gasteiger partial charge in [0.1, 0.15) is 0 Å². The van der Waals surface area contributed by atoms with Gasteiger partial charge in [-0.15, -0.1) is 0 Å². The second-order valence-corrected chi connectivity index (χ2v) is 8.66. The number of hydrogen-bond acceptors (Lipinski definition) is 0. The highest BCUT2D eigenvalue weighted by Crippen LogP contribution is 2.64. The third kappa shape index (κ3) is 1.79. The Hall–Kier alpha value is -3.35. The van der Waals surface area contributed by atoms with Gasteiger partial charge >= 0.3 is 0 Å². The molecule has 0 N–H and O–H groups in total. The summed E-state index contributed by atoms with van der Waals surface area (Å²) in [7, 11) is 0. The Morgan fingerprint density at radius 3 is 1.73 bits per heavy atom. The average Bonchev–Trinajstić information content (AvgIpc) is 3.25. The van der Waals surface area contributed by atoms with E-state index in [1.165, 1.54) is 55.3 Å². The molecule has 0 nitrogen and oxygen atoms in total. The third-order valence-electron chi connectivity index (χ3n) is 6.92. The summed E-state index contributed by atoms with van der Waals surface area (Å²) < 4.78 is 0. The van der Waals surface area contributed by atoms with Crippen LogP contribution in [0.15, 0.2) is 103 Å². The first-order valence-electron chi connectivity index (χ1n) is 10.3. The fourth-order valence-electron chi connectivity index (χ4n) is 5.83. The van der Waals surface area contributed by atoms with Crippen LogP contribution in [0.3, 0.4) is 0 Å². The quantitative estimate of drug-likeness (QED) is 0.243. The van der Waals surface area contributed by atoms with Gasteiger partial charge in [-0.1, -0.05) is 96.5 Å². The lowest BCUT2D eigenvalue weighted by Crippen LogP contribution is -2.26. The van der Waals surface area contributed by atoms with Crippen LogP contribution in [0.25, 0.3) is 33.0 Å². The smallest absolute Gasteiger partial charge is 0.0740 e. The Bertz CT molecular complexity index is 1460. The van der Waals surface area contributed by atoms with E-state index in [4.69, 9.17) is 11.6 Å². The summed E-state index contributed by atoms with van der Waals surface area (Å²) in [5.41, 5.74) is 9.98. The lowest BCUT2D eigenvalue weighted by atomic mass is 9.70. The standard InChI is InChI=1S/C29H17Cl/c30-27-15-7-12-22-23-16-18-8-1-2-9-19(18)17-26(23)29(28(22)27)24-13-5-3-10-20(24)21-11-4-6-14-25(21)29/h1-17H. The van der Waals surface area contributed by atoms with E-state index in [0.717, 1.165) is 5.02 Å². The van der Waals surface area contributed by atoms with Crippen LogP contribution in [0.5, 0.6) is 0 Å². The maximum atomic E-state index is 6.99. The second-order valence-electron chi connectivity index (χ2n) is 8.25. The first-order chi connectivity index (χ1) is 14.8. The molecule has 0 heterocycles. The maximum absolute atomic E-state index is 6.99. The van der Waals surface area contributed by atoms with Crippen LogP contribution >= 0.6 is 11.6 Å². The molecule has 1 heteroatoms. The summed E-state index contributed by atoms with van der Waals surface area (Å²) in [6.07, 6.45) is 0. The lowest BCUT2D eigenvalue weighted by Gasteiger charge is -2.31. The third-order valence-corrected chi connectivity index (χ3v) is 7.24. The predicted octanol–water partition coefficient (Wildman–Crippen LogP) is 7.84. The van der Waals surface area contributed by atoms with Crippen LogP contribution in [-0.4, -0.2) is 0 Å². The minimum atomic E-state index is -0.375. The van der Waals surface area contributed by atoms with Crippen molar-refractivity contribution >= 4 is 22.4 Å². The second kappa shape index (κ2) is 5.62. The number of hydrogen-bond donors (Lipinski definition) is 0. The zero-order chi connectivity index (χ0) is 19.9. The van der Waals surface area contributed by atoms with Crippen LogP contribution in [0.4, 0.5) is 0 Å². The van der Waals surface area contributed by atoms with Gasteiger partial charge in [0.2, 0.25) is 0 Å². The van der Waals surface area contributed by atoms with Gasteiger partial charge in [-0.2, -0.15) is 0 Å². The van der Waals surface area contributed by atoms with E-state index in [9.17, 15) is 0 Å². The zero-order valence-corrected chi connectivity index (χ0v) is 16.9. The SMILES string of the molecule is Clc1cccc2c1C1(c3ccccc3-c3ccccc31)c1cc3ccccc3cc1-2. The number of benzene rings is 5. The molecule has 7 rings (SSSR count). The first kappa shape index (κ1) is 16.4. The molecule has 0 saturated carbocycles. The van der Waals surface area contributed by atoms with Crippen molar-refractivity contribution in [2.75, 3.05) is 0 Å². The van der Waals surface area contributed by atoms with E-state index in [0.29, 0.717) is 0 Å². The van der Waals surface area contributed by atoms with E-state index in [2.05, 4.69) is 97.1 Å². The molecule has 0 bridgehead atoms. The summed E-state index contributed by atoms with van der Waals surface area (Å²) in [6.45, 7) is 0. The number of fused-ring (bicyclic) bond motifs is 11. The Morgan fingerprint density at radius 1 is 0.467 bits per heavy atom. The van der Waals surface area contributed by atoms with Crippen molar-refractivity contribution in [1.82, 2.24) is 0 Å². The van der Waals surface area contributed by atoms with E-state index in [1.54, 1.807) is 0 Å². The normalized spacial score (nSPS) is 14.4. The molecule has 1 spiro atoms. The van der Waals surface area contributed by atoms with Crippen molar-refractivity contribution in [1.29, 1.82) is 0 Å². The predicted molar refractivity (Wildman–Crippen MR) is 125 cm³/mol. The fraction of sp³-hybridized carbons (Fsp3) is 0.0345. The van der Waals surface area contributed by atoms with Gasteiger partial charge in [0, 0.05) is 5.02 Å². The molecule has 0 fully saturated rings. The highest BCUT2D eigenvalue weighted by atomic mass is 35.5. The Morgan fingerprint density at radius 2 is 1.03 bits per heavy atom. The van der Waals surface area contributed by atoms with Crippen molar-refractivity contribution in [3.05, 3.63) is 130 Å². The summed E-state index contributed by atoms with van der Waals surface area (Å²) in [5.74, 6) is 0. The average molecular weight is 401 g/mol. The molecule has 2 aliphatic rings. The lowest BCUT2D eigenvalue weighted by molar-refractivity contribution is 0.795. The van der Waals surface area contributed by atoms with Crippen molar-refractivity contribution in [2.24, 2.45) is 0 Å². The molecule has 0 unspecified atom stereocenters. The van der Waals surface area contributed by atoms with Crippen LogP contribution in [0.1, 0.15) is 22.3 Å². The Kier molecular flexibility index (Phi) is 3.08. The van der Waals surface area contributed by atoms with E-state index < -0.39 is 0 Å². The van der Waals surface area contributed by atoms with Crippen LogP contribution < -0.4 is 0 Å². The van der Waals surface area contributed by atoms with Gasteiger partial charge in [0.15, 0.2) is 0 Å². The van der Waals surface area contributed by atoms with E-state index in [-0.39, 0.29) is 5.41 Å². The van der Waals surface area contributed by atoms with Gasteiger partial charge < -0.3 is 0 Å². The number of rotatable bonds is 0. The molecular formula is C29H17Cl. The molecule has 140 valence electrons. The molecule has 0 atom stereocenters. The molecule has 0 amide bonds. The highest BCUT2D eigenvalue weighted by Gasteiger charge is 2.52. The Labute approximate surface area is 180 Å². The van der Waals surface area contributed by atoms with Crippen molar-refractivity contribution in [3.63, 3.8) is 0 Å².